The van der Waals surface area contributed by atoms with E-state index in [9.17, 15) is 9.59 Å². The molecule has 1 saturated heterocycles. The van der Waals surface area contributed by atoms with E-state index < -0.39 is 0 Å². The largest absolute Gasteiger partial charge is 0.486 e. The van der Waals surface area contributed by atoms with Gasteiger partial charge in [-0.3, -0.25) is 9.59 Å². The lowest BCUT2D eigenvalue weighted by Gasteiger charge is -2.22. The number of hydrogen-bond donors (Lipinski definition) is 1. The summed E-state index contributed by atoms with van der Waals surface area (Å²) in [6.07, 6.45) is 1.88. The van der Waals surface area contributed by atoms with Crippen LogP contribution in [0.5, 0.6) is 11.5 Å². The molecule has 1 aromatic heterocycles. The van der Waals surface area contributed by atoms with Crippen LogP contribution in [0.4, 0.5) is 5.69 Å². The fraction of sp³-hybridized carbons (Fsp3) is 0.400. The molecular formula is C20H22N2O5S. The van der Waals surface area contributed by atoms with Gasteiger partial charge in [0, 0.05) is 37.0 Å². The second kappa shape index (κ2) is 8.60. The minimum atomic E-state index is -0.337. The van der Waals surface area contributed by atoms with Crippen molar-refractivity contribution in [2.75, 3.05) is 37.0 Å². The van der Waals surface area contributed by atoms with E-state index >= 15 is 0 Å². The van der Waals surface area contributed by atoms with E-state index in [0.29, 0.717) is 37.8 Å². The molecule has 8 heteroatoms. The highest BCUT2D eigenvalue weighted by atomic mass is 32.2. The topological polar surface area (TPSA) is 81.0 Å². The molecule has 148 valence electrons. The Kier molecular flexibility index (Phi) is 5.76. The molecule has 0 unspecified atom stereocenters. The lowest BCUT2D eigenvalue weighted by molar-refractivity contribution is -0.126. The van der Waals surface area contributed by atoms with Gasteiger partial charge in [-0.1, -0.05) is 0 Å². The first-order chi connectivity index (χ1) is 13.7. The number of hydrogen-bond acceptors (Lipinski definition) is 6. The van der Waals surface area contributed by atoms with Crippen molar-refractivity contribution in [3.63, 3.8) is 0 Å². The number of benzene rings is 1. The van der Waals surface area contributed by atoms with Gasteiger partial charge in [-0.2, -0.15) is 11.8 Å². The van der Waals surface area contributed by atoms with Crippen LogP contribution in [0.3, 0.4) is 0 Å². The van der Waals surface area contributed by atoms with Crippen LogP contribution in [0.15, 0.2) is 41.0 Å². The molecule has 28 heavy (non-hydrogen) atoms. The smallest absolute Gasteiger partial charge is 0.227 e. The van der Waals surface area contributed by atoms with Gasteiger partial charge in [0.05, 0.1) is 17.9 Å². The molecule has 2 aliphatic heterocycles. The Bertz CT molecular complexity index is 839. The number of nitrogens with one attached hydrogen (secondary N) is 1. The van der Waals surface area contributed by atoms with Crippen LogP contribution < -0.4 is 19.7 Å². The van der Waals surface area contributed by atoms with Gasteiger partial charge in [-0.25, -0.2) is 0 Å². The van der Waals surface area contributed by atoms with Crippen LogP contribution in [0.2, 0.25) is 0 Å². The monoisotopic (exact) mass is 402 g/mol. The SMILES string of the molecule is O=C(NCCSCc1ccco1)[C@H]1CC(=O)N(c2ccc3c(c2)OCCO3)C1. The van der Waals surface area contributed by atoms with Gasteiger partial charge in [-0.15, -0.1) is 0 Å². The van der Waals surface area contributed by atoms with Crippen LogP contribution >= 0.6 is 11.8 Å². The first-order valence-electron chi connectivity index (χ1n) is 9.28. The number of nitrogens with zero attached hydrogens (tertiary/aromatic N) is 1. The summed E-state index contributed by atoms with van der Waals surface area (Å²) in [5.41, 5.74) is 0.735. The van der Waals surface area contributed by atoms with Crippen molar-refractivity contribution in [3.05, 3.63) is 42.4 Å². The van der Waals surface area contributed by atoms with Crippen molar-refractivity contribution in [2.24, 2.45) is 5.92 Å². The molecule has 0 saturated carbocycles. The second-order valence-electron chi connectivity index (χ2n) is 6.66. The summed E-state index contributed by atoms with van der Waals surface area (Å²) in [6, 6.07) is 9.24. The number of fused-ring (bicyclic) bond motifs is 1. The molecule has 0 radical (unpaired) electrons. The molecular weight excluding hydrogens is 380 g/mol. The van der Waals surface area contributed by atoms with E-state index in [1.165, 1.54) is 0 Å². The van der Waals surface area contributed by atoms with Gasteiger partial charge in [0.1, 0.15) is 19.0 Å². The number of carbonyl (C=O) groups excluding carboxylic acids is 2. The second-order valence-corrected chi connectivity index (χ2v) is 7.76. The highest BCUT2D eigenvalue weighted by molar-refractivity contribution is 7.98. The molecule has 3 heterocycles. The quantitative estimate of drug-likeness (QED) is 0.717. The summed E-state index contributed by atoms with van der Waals surface area (Å²) in [5.74, 6) is 3.35. The molecule has 1 atom stereocenters. The number of carbonyl (C=O) groups is 2. The number of furan rings is 1. The molecule has 4 rings (SSSR count). The molecule has 7 nitrogen and oxygen atoms in total. The fourth-order valence-electron chi connectivity index (χ4n) is 3.29. The number of ether oxygens (including phenoxy) is 2. The number of anilines is 1. The van der Waals surface area contributed by atoms with Gasteiger partial charge >= 0.3 is 0 Å². The predicted octanol–water partition coefficient (Wildman–Crippen LogP) is 2.45. The summed E-state index contributed by atoms with van der Waals surface area (Å²) in [6.45, 7) is 1.97. The first-order valence-corrected chi connectivity index (χ1v) is 10.4. The van der Waals surface area contributed by atoms with Crippen LogP contribution in [0.25, 0.3) is 0 Å². The Morgan fingerprint density at radius 2 is 2.07 bits per heavy atom. The highest BCUT2D eigenvalue weighted by Gasteiger charge is 2.35. The number of amides is 2. The summed E-state index contributed by atoms with van der Waals surface area (Å²) < 4.78 is 16.4. The Morgan fingerprint density at radius 3 is 2.89 bits per heavy atom. The maximum Gasteiger partial charge on any atom is 0.227 e. The Balaban J connectivity index is 1.26. The van der Waals surface area contributed by atoms with Crippen molar-refractivity contribution in [1.29, 1.82) is 0 Å². The Morgan fingerprint density at radius 1 is 1.21 bits per heavy atom. The standard InChI is InChI=1S/C20H22N2O5S/c23-19-10-14(20(24)21-5-9-28-13-16-2-1-6-25-16)12-22(19)15-3-4-17-18(11-15)27-8-7-26-17/h1-4,6,11,14H,5,7-10,12-13H2,(H,21,24)/t14-/m0/s1. The van der Waals surface area contributed by atoms with E-state index in [2.05, 4.69) is 5.32 Å². The molecule has 0 aliphatic carbocycles. The lowest BCUT2D eigenvalue weighted by atomic mass is 10.1. The van der Waals surface area contributed by atoms with Crippen molar-refractivity contribution in [2.45, 2.75) is 12.2 Å². The van der Waals surface area contributed by atoms with Crippen LogP contribution in [0.1, 0.15) is 12.2 Å². The molecule has 1 aromatic carbocycles. The van der Waals surface area contributed by atoms with Crippen LogP contribution in [-0.2, 0) is 15.3 Å². The minimum Gasteiger partial charge on any atom is -0.486 e. The average Bonchev–Trinajstić information content (AvgIpc) is 3.37. The average molecular weight is 402 g/mol. The van der Waals surface area contributed by atoms with Gasteiger partial charge in [0.25, 0.3) is 0 Å². The van der Waals surface area contributed by atoms with Crippen LogP contribution in [-0.4, -0.2) is 43.9 Å². The molecule has 1 N–H and O–H groups in total. The van der Waals surface area contributed by atoms with Crippen molar-refractivity contribution < 1.29 is 23.5 Å². The highest BCUT2D eigenvalue weighted by Crippen LogP contribution is 2.35. The van der Waals surface area contributed by atoms with Crippen molar-refractivity contribution >= 4 is 29.3 Å². The minimum absolute atomic E-state index is 0.0518. The van der Waals surface area contributed by atoms with Gasteiger partial charge in [-0.05, 0) is 24.3 Å². The first kappa shape index (κ1) is 18.7. The maximum absolute atomic E-state index is 12.4. The zero-order valence-electron chi connectivity index (χ0n) is 15.4. The van der Waals surface area contributed by atoms with E-state index in [-0.39, 0.29) is 24.2 Å². The number of thioether (sulfide) groups is 1. The summed E-state index contributed by atoms with van der Waals surface area (Å²) in [7, 11) is 0. The molecule has 1 fully saturated rings. The van der Waals surface area contributed by atoms with E-state index in [0.717, 1.165) is 23.0 Å². The molecule has 2 amide bonds. The van der Waals surface area contributed by atoms with Gasteiger partial charge in [0.15, 0.2) is 11.5 Å². The van der Waals surface area contributed by atoms with Gasteiger partial charge < -0.3 is 24.1 Å². The Hall–Kier alpha value is -2.61. The molecule has 2 aromatic rings. The van der Waals surface area contributed by atoms with E-state index in [1.807, 2.05) is 18.2 Å². The van der Waals surface area contributed by atoms with E-state index in [4.69, 9.17) is 13.9 Å². The normalized spacial score (nSPS) is 18.4. The van der Waals surface area contributed by atoms with E-state index in [1.54, 1.807) is 35.1 Å². The maximum atomic E-state index is 12.4. The zero-order valence-corrected chi connectivity index (χ0v) is 16.2. The third kappa shape index (κ3) is 4.27. The third-order valence-electron chi connectivity index (χ3n) is 4.70. The summed E-state index contributed by atoms with van der Waals surface area (Å²) in [5, 5.41) is 2.93. The fourth-order valence-corrected chi connectivity index (χ4v) is 4.05. The lowest BCUT2D eigenvalue weighted by Crippen LogP contribution is -2.34. The van der Waals surface area contributed by atoms with Crippen molar-refractivity contribution in [3.8, 4) is 11.5 Å². The molecule has 2 aliphatic rings. The Labute approximate surface area is 167 Å². The van der Waals surface area contributed by atoms with Gasteiger partial charge in [0.2, 0.25) is 11.8 Å². The van der Waals surface area contributed by atoms with Crippen molar-refractivity contribution in [1.82, 2.24) is 5.32 Å². The molecule has 0 bridgehead atoms. The number of rotatable bonds is 7. The van der Waals surface area contributed by atoms with Crippen LogP contribution in [0, 0.1) is 5.92 Å². The summed E-state index contributed by atoms with van der Waals surface area (Å²) >= 11 is 1.69. The predicted molar refractivity (Wildman–Crippen MR) is 106 cm³/mol. The third-order valence-corrected chi connectivity index (χ3v) is 5.68. The summed E-state index contributed by atoms with van der Waals surface area (Å²) in [4.78, 5) is 26.5. The zero-order chi connectivity index (χ0) is 19.3. The molecule has 0 spiro atoms.